The number of pyridine rings is 1. The molecule has 0 amide bonds. The Morgan fingerprint density at radius 1 is 1.36 bits per heavy atom. The van der Waals surface area contributed by atoms with Gasteiger partial charge in [-0.15, -0.1) is 5.10 Å². The number of aromatic amines is 1. The molecule has 2 aromatic rings. The SMILES string of the molecule is O=[N+]([O-])c1cc(-c2ccncc2)n[nH]1. The highest BCUT2D eigenvalue weighted by atomic mass is 16.6. The standard InChI is InChI=1S/C8H6N4O2/c13-12(14)8-5-7(10-11-8)6-1-3-9-4-2-6/h1-5H,(H,10,11). The normalized spacial score (nSPS) is 10.0. The smallest absolute Gasteiger partial charge is 0.343 e. The van der Waals surface area contributed by atoms with Crippen LogP contribution in [0.25, 0.3) is 11.3 Å². The van der Waals surface area contributed by atoms with Gasteiger partial charge >= 0.3 is 5.82 Å². The van der Waals surface area contributed by atoms with Gasteiger partial charge in [-0.05, 0) is 17.1 Å². The monoisotopic (exact) mass is 190 g/mol. The zero-order chi connectivity index (χ0) is 9.97. The highest BCUT2D eigenvalue weighted by Gasteiger charge is 2.10. The van der Waals surface area contributed by atoms with Crippen LogP contribution in [0.3, 0.4) is 0 Å². The molecule has 0 unspecified atom stereocenters. The molecule has 2 aromatic heterocycles. The van der Waals surface area contributed by atoms with E-state index in [2.05, 4.69) is 15.2 Å². The van der Waals surface area contributed by atoms with Crippen LogP contribution in [0.4, 0.5) is 5.82 Å². The van der Waals surface area contributed by atoms with Crippen LogP contribution in [0.5, 0.6) is 0 Å². The van der Waals surface area contributed by atoms with E-state index >= 15 is 0 Å². The van der Waals surface area contributed by atoms with Crippen LogP contribution in [0.2, 0.25) is 0 Å². The Hall–Kier alpha value is -2.24. The van der Waals surface area contributed by atoms with Crippen molar-refractivity contribution < 1.29 is 4.92 Å². The van der Waals surface area contributed by atoms with Crippen molar-refractivity contribution in [2.24, 2.45) is 0 Å². The lowest BCUT2D eigenvalue weighted by Gasteiger charge is -1.90. The maximum Gasteiger partial charge on any atom is 0.343 e. The zero-order valence-electron chi connectivity index (χ0n) is 7.04. The van der Waals surface area contributed by atoms with Crippen LogP contribution < -0.4 is 0 Å². The first kappa shape index (κ1) is 8.36. The van der Waals surface area contributed by atoms with Crippen molar-refractivity contribution in [2.45, 2.75) is 0 Å². The lowest BCUT2D eigenvalue weighted by molar-refractivity contribution is -0.389. The van der Waals surface area contributed by atoms with Gasteiger partial charge in [-0.25, -0.2) is 0 Å². The van der Waals surface area contributed by atoms with Gasteiger partial charge in [0.1, 0.15) is 5.69 Å². The van der Waals surface area contributed by atoms with E-state index in [0.29, 0.717) is 5.69 Å². The van der Waals surface area contributed by atoms with Crippen molar-refractivity contribution in [3.8, 4) is 11.3 Å². The summed E-state index contributed by atoms with van der Waals surface area (Å²) in [4.78, 5) is 13.7. The van der Waals surface area contributed by atoms with Crippen LogP contribution in [-0.4, -0.2) is 20.1 Å². The van der Waals surface area contributed by atoms with E-state index in [4.69, 9.17) is 0 Å². The summed E-state index contributed by atoms with van der Waals surface area (Å²) < 4.78 is 0. The lowest BCUT2D eigenvalue weighted by Crippen LogP contribution is -1.86. The molecule has 0 aromatic carbocycles. The van der Waals surface area contributed by atoms with Crippen LogP contribution >= 0.6 is 0 Å². The molecule has 0 saturated carbocycles. The van der Waals surface area contributed by atoms with Gasteiger partial charge in [-0.1, -0.05) is 5.10 Å². The first-order chi connectivity index (χ1) is 6.77. The maximum atomic E-state index is 10.4. The molecule has 0 spiro atoms. The van der Waals surface area contributed by atoms with Gasteiger partial charge < -0.3 is 10.1 Å². The van der Waals surface area contributed by atoms with Gasteiger partial charge in [0.05, 0.1) is 6.07 Å². The van der Waals surface area contributed by atoms with Gasteiger partial charge in [-0.3, -0.25) is 4.98 Å². The largest absolute Gasteiger partial charge is 0.358 e. The number of nitrogens with zero attached hydrogens (tertiary/aromatic N) is 3. The topological polar surface area (TPSA) is 84.7 Å². The van der Waals surface area contributed by atoms with Gasteiger partial charge in [0.2, 0.25) is 0 Å². The van der Waals surface area contributed by atoms with Crippen molar-refractivity contribution in [3.63, 3.8) is 0 Å². The third-order valence-corrected chi connectivity index (χ3v) is 1.74. The summed E-state index contributed by atoms with van der Waals surface area (Å²) in [7, 11) is 0. The van der Waals surface area contributed by atoms with Crippen molar-refractivity contribution in [3.05, 3.63) is 40.7 Å². The Bertz CT molecular complexity index is 451. The molecule has 0 aliphatic heterocycles. The van der Waals surface area contributed by atoms with Crippen LogP contribution in [0.15, 0.2) is 30.6 Å². The zero-order valence-corrected chi connectivity index (χ0v) is 7.04. The van der Waals surface area contributed by atoms with Crippen molar-refractivity contribution in [1.82, 2.24) is 15.2 Å². The highest BCUT2D eigenvalue weighted by Crippen LogP contribution is 2.19. The molecule has 2 heterocycles. The Morgan fingerprint density at radius 3 is 2.64 bits per heavy atom. The van der Waals surface area contributed by atoms with E-state index in [1.165, 1.54) is 6.07 Å². The molecule has 0 bridgehead atoms. The van der Waals surface area contributed by atoms with E-state index in [0.717, 1.165) is 5.56 Å². The quantitative estimate of drug-likeness (QED) is 0.572. The Labute approximate surface area is 78.8 Å². The summed E-state index contributed by atoms with van der Waals surface area (Å²) in [5, 5.41) is 16.5. The summed E-state index contributed by atoms with van der Waals surface area (Å²) in [6.45, 7) is 0. The van der Waals surface area contributed by atoms with E-state index < -0.39 is 4.92 Å². The minimum absolute atomic E-state index is 0.114. The van der Waals surface area contributed by atoms with Gasteiger partial charge in [0.25, 0.3) is 0 Å². The summed E-state index contributed by atoms with van der Waals surface area (Å²) in [5.41, 5.74) is 1.34. The second-order valence-corrected chi connectivity index (χ2v) is 2.63. The third kappa shape index (κ3) is 1.45. The fourth-order valence-corrected chi connectivity index (χ4v) is 1.08. The molecular formula is C8H6N4O2. The Kier molecular flexibility index (Phi) is 1.94. The first-order valence-electron chi connectivity index (χ1n) is 3.87. The number of H-pyrrole nitrogens is 1. The molecule has 0 atom stereocenters. The maximum absolute atomic E-state index is 10.4. The molecule has 0 fully saturated rings. The number of aromatic nitrogens is 3. The second kappa shape index (κ2) is 3.25. The molecule has 6 heteroatoms. The molecule has 2 rings (SSSR count). The minimum Gasteiger partial charge on any atom is -0.358 e. The lowest BCUT2D eigenvalue weighted by atomic mass is 10.2. The van der Waals surface area contributed by atoms with E-state index in [9.17, 15) is 10.1 Å². The summed E-state index contributed by atoms with van der Waals surface area (Å²) >= 11 is 0. The molecule has 0 radical (unpaired) electrons. The fourth-order valence-electron chi connectivity index (χ4n) is 1.08. The average Bonchev–Trinajstić information content (AvgIpc) is 2.68. The number of rotatable bonds is 2. The number of nitrogens with one attached hydrogen (secondary N) is 1. The number of hydrogen-bond donors (Lipinski definition) is 1. The summed E-state index contributed by atoms with van der Waals surface area (Å²) in [5.74, 6) is -0.114. The van der Waals surface area contributed by atoms with Crippen LogP contribution in [0, 0.1) is 10.1 Å². The molecule has 0 saturated heterocycles. The molecule has 0 aliphatic rings. The van der Waals surface area contributed by atoms with Crippen LogP contribution in [0.1, 0.15) is 0 Å². The molecule has 1 N–H and O–H groups in total. The third-order valence-electron chi connectivity index (χ3n) is 1.74. The number of nitro groups is 1. The average molecular weight is 190 g/mol. The molecule has 6 nitrogen and oxygen atoms in total. The molecular weight excluding hydrogens is 184 g/mol. The predicted molar refractivity (Wildman–Crippen MR) is 48.5 cm³/mol. The van der Waals surface area contributed by atoms with E-state index in [-0.39, 0.29) is 5.82 Å². The minimum atomic E-state index is -0.516. The van der Waals surface area contributed by atoms with Crippen molar-refractivity contribution in [1.29, 1.82) is 0 Å². The van der Waals surface area contributed by atoms with E-state index in [1.54, 1.807) is 24.5 Å². The molecule has 70 valence electrons. The predicted octanol–water partition coefficient (Wildman–Crippen LogP) is 1.38. The summed E-state index contributed by atoms with van der Waals surface area (Å²) in [6, 6.07) is 4.86. The highest BCUT2D eigenvalue weighted by molar-refractivity contribution is 5.59. The van der Waals surface area contributed by atoms with Crippen molar-refractivity contribution >= 4 is 5.82 Å². The van der Waals surface area contributed by atoms with Gasteiger partial charge in [-0.2, -0.15) is 0 Å². The number of hydrogen-bond acceptors (Lipinski definition) is 4. The molecule has 0 aliphatic carbocycles. The van der Waals surface area contributed by atoms with Gasteiger partial charge in [0, 0.05) is 18.0 Å². The van der Waals surface area contributed by atoms with Crippen molar-refractivity contribution in [2.75, 3.05) is 0 Å². The Balaban J connectivity index is 2.39. The van der Waals surface area contributed by atoms with Crippen LogP contribution in [-0.2, 0) is 0 Å². The first-order valence-corrected chi connectivity index (χ1v) is 3.87. The Morgan fingerprint density at radius 2 is 2.07 bits per heavy atom. The summed E-state index contributed by atoms with van der Waals surface area (Å²) in [6.07, 6.45) is 3.21. The second-order valence-electron chi connectivity index (χ2n) is 2.63. The molecule has 14 heavy (non-hydrogen) atoms. The van der Waals surface area contributed by atoms with E-state index in [1.807, 2.05) is 0 Å². The van der Waals surface area contributed by atoms with Gasteiger partial charge in [0.15, 0.2) is 0 Å². The fraction of sp³-hybridized carbons (Fsp3) is 0.